The van der Waals surface area contributed by atoms with Gasteiger partial charge in [-0.25, -0.2) is 4.79 Å². The number of nitrogens with one attached hydrogen (secondary N) is 1. The van der Waals surface area contributed by atoms with Crippen LogP contribution < -0.4 is 5.32 Å². The zero-order valence-corrected chi connectivity index (χ0v) is 14.9. The fourth-order valence-corrected chi connectivity index (χ4v) is 2.05. The van der Waals surface area contributed by atoms with Gasteiger partial charge in [0, 0.05) is 25.9 Å². The van der Waals surface area contributed by atoms with Crippen molar-refractivity contribution in [2.75, 3.05) is 20.2 Å². The molecule has 21 heavy (non-hydrogen) atoms. The lowest BCUT2D eigenvalue weighted by Crippen LogP contribution is -2.42. The molecule has 0 atom stereocenters. The van der Waals surface area contributed by atoms with Gasteiger partial charge in [0.15, 0.2) is 0 Å². The molecule has 0 aromatic rings. The molecule has 0 aliphatic carbocycles. The summed E-state index contributed by atoms with van der Waals surface area (Å²) in [5.41, 5.74) is 3.23. The molecule has 1 aliphatic heterocycles. The Kier molecular flexibility index (Phi) is 14.3. The van der Waals surface area contributed by atoms with Crippen LogP contribution in [0.15, 0.2) is 22.9 Å². The van der Waals surface area contributed by atoms with E-state index >= 15 is 0 Å². The maximum Gasteiger partial charge on any atom is 0.321 e. The van der Waals surface area contributed by atoms with E-state index in [1.165, 1.54) is 6.42 Å². The van der Waals surface area contributed by atoms with Crippen molar-refractivity contribution in [3.8, 4) is 0 Å². The van der Waals surface area contributed by atoms with E-state index in [1.54, 1.807) is 0 Å². The fraction of sp³-hybridized carbons (Fsp3) is 0.706. The van der Waals surface area contributed by atoms with E-state index < -0.39 is 0 Å². The second kappa shape index (κ2) is 13.7. The maximum absolute atomic E-state index is 12.1. The van der Waals surface area contributed by atoms with Crippen LogP contribution in [0.3, 0.4) is 0 Å². The lowest BCUT2D eigenvalue weighted by Gasteiger charge is -2.27. The molecule has 2 amide bonds. The Bertz CT molecular complexity index is 337. The van der Waals surface area contributed by atoms with Crippen molar-refractivity contribution >= 4 is 6.03 Å². The molecule has 1 saturated heterocycles. The summed E-state index contributed by atoms with van der Waals surface area (Å²) >= 11 is 0. The summed E-state index contributed by atoms with van der Waals surface area (Å²) in [4.78, 5) is 14.0. The molecule has 4 nitrogen and oxygen atoms in total. The topological polar surface area (TPSA) is 52.6 Å². The third kappa shape index (κ3) is 8.56. The van der Waals surface area contributed by atoms with Gasteiger partial charge in [-0.1, -0.05) is 25.5 Å². The summed E-state index contributed by atoms with van der Waals surface area (Å²) in [5, 5.41) is 10.0. The number of aliphatic hydroxyl groups is 1. The Morgan fingerprint density at radius 3 is 1.90 bits per heavy atom. The zero-order valence-electron chi connectivity index (χ0n) is 14.9. The summed E-state index contributed by atoms with van der Waals surface area (Å²) in [6.45, 7) is 13.8. The van der Waals surface area contributed by atoms with E-state index in [4.69, 9.17) is 5.11 Å². The van der Waals surface area contributed by atoms with Crippen LogP contribution in [0.2, 0.25) is 0 Å². The number of carbonyl (C=O) groups is 1. The molecule has 0 spiro atoms. The molecule has 1 heterocycles. The Hall–Kier alpha value is -1.29. The van der Waals surface area contributed by atoms with Gasteiger partial charge in [0.1, 0.15) is 0 Å². The molecule has 0 aromatic heterocycles. The SMILES string of the molecule is C/C=C(/C)C(NC(=O)N1CCCCC1)=C(C)C.CC.CO. The number of amides is 2. The van der Waals surface area contributed by atoms with E-state index in [1.807, 2.05) is 52.5 Å². The van der Waals surface area contributed by atoms with Crippen LogP contribution in [0, 0.1) is 0 Å². The van der Waals surface area contributed by atoms with Gasteiger partial charge < -0.3 is 15.3 Å². The number of allylic oxidation sites excluding steroid dienone is 3. The van der Waals surface area contributed by atoms with Gasteiger partial charge in [0.25, 0.3) is 0 Å². The molecular formula is C17H34N2O2. The van der Waals surface area contributed by atoms with Crippen LogP contribution in [0.1, 0.15) is 60.8 Å². The lowest BCUT2D eigenvalue weighted by atomic mass is 10.1. The van der Waals surface area contributed by atoms with Crippen molar-refractivity contribution in [3.63, 3.8) is 0 Å². The maximum atomic E-state index is 12.1. The normalized spacial score (nSPS) is 14.1. The predicted octanol–water partition coefficient (Wildman–Crippen LogP) is 4.08. The molecular weight excluding hydrogens is 264 g/mol. The Morgan fingerprint density at radius 1 is 1.05 bits per heavy atom. The molecule has 0 radical (unpaired) electrons. The predicted molar refractivity (Wildman–Crippen MR) is 91.3 cm³/mol. The van der Waals surface area contributed by atoms with Crippen LogP contribution >= 0.6 is 0 Å². The molecule has 0 unspecified atom stereocenters. The summed E-state index contributed by atoms with van der Waals surface area (Å²) in [6.07, 6.45) is 5.52. The highest BCUT2D eigenvalue weighted by molar-refractivity contribution is 5.77. The zero-order chi connectivity index (χ0) is 16.8. The first kappa shape index (κ1) is 22.0. The van der Waals surface area contributed by atoms with Crippen molar-refractivity contribution in [3.05, 3.63) is 22.9 Å². The minimum atomic E-state index is 0.0436. The highest BCUT2D eigenvalue weighted by Gasteiger charge is 2.17. The second-order valence-corrected chi connectivity index (χ2v) is 4.82. The smallest absolute Gasteiger partial charge is 0.321 e. The van der Waals surface area contributed by atoms with Gasteiger partial charge >= 0.3 is 6.03 Å². The monoisotopic (exact) mass is 298 g/mol. The van der Waals surface area contributed by atoms with Crippen molar-refractivity contribution < 1.29 is 9.90 Å². The van der Waals surface area contributed by atoms with E-state index in [0.717, 1.165) is 49.9 Å². The summed E-state index contributed by atoms with van der Waals surface area (Å²) in [7, 11) is 1.00. The first-order chi connectivity index (χ1) is 10.1. The van der Waals surface area contributed by atoms with Crippen LogP contribution in [-0.4, -0.2) is 36.2 Å². The molecule has 4 heteroatoms. The van der Waals surface area contributed by atoms with Gasteiger partial charge in [0.2, 0.25) is 0 Å². The third-order valence-corrected chi connectivity index (χ3v) is 3.20. The second-order valence-electron chi connectivity index (χ2n) is 4.82. The first-order valence-corrected chi connectivity index (χ1v) is 7.87. The standard InChI is InChI=1S/C14H24N2O.C2H6.CH4O/c1-5-12(4)13(11(2)3)15-14(17)16-9-7-6-8-10-16;2*1-2/h5H,6-10H2,1-4H3,(H,15,17);1-2H3;2H,1H3/b12-5-;;. The Morgan fingerprint density at radius 2 is 1.52 bits per heavy atom. The van der Waals surface area contributed by atoms with Crippen molar-refractivity contribution in [1.29, 1.82) is 0 Å². The molecule has 2 N–H and O–H groups in total. The summed E-state index contributed by atoms with van der Waals surface area (Å²) in [6, 6.07) is 0.0436. The Labute approximate surface area is 130 Å². The molecule has 1 fully saturated rings. The van der Waals surface area contributed by atoms with Crippen LogP contribution in [0.25, 0.3) is 0 Å². The molecule has 0 saturated carbocycles. The number of hydrogen-bond acceptors (Lipinski definition) is 2. The number of hydrogen-bond donors (Lipinski definition) is 2. The van der Waals surface area contributed by atoms with E-state index in [-0.39, 0.29) is 6.03 Å². The number of aliphatic hydroxyl groups excluding tert-OH is 1. The highest BCUT2D eigenvalue weighted by atomic mass is 16.2. The quantitative estimate of drug-likeness (QED) is 0.755. The molecule has 0 bridgehead atoms. The van der Waals surface area contributed by atoms with Crippen molar-refractivity contribution in [1.82, 2.24) is 10.2 Å². The summed E-state index contributed by atoms with van der Waals surface area (Å²) < 4.78 is 0. The van der Waals surface area contributed by atoms with Gasteiger partial charge in [-0.15, -0.1) is 0 Å². The summed E-state index contributed by atoms with van der Waals surface area (Å²) in [5.74, 6) is 0. The van der Waals surface area contributed by atoms with E-state index in [2.05, 4.69) is 5.32 Å². The van der Waals surface area contributed by atoms with Gasteiger partial charge in [-0.3, -0.25) is 0 Å². The average Bonchev–Trinajstić information content (AvgIpc) is 2.56. The van der Waals surface area contributed by atoms with Crippen LogP contribution in [-0.2, 0) is 0 Å². The molecule has 0 aromatic carbocycles. The van der Waals surface area contributed by atoms with Gasteiger partial charge in [-0.2, -0.15) is 0 Å². The minimum absolute atomic E-state index is 0.0436. The number of likely N-dealkylation sites (tertiary alicyclic amines) is 1. The third-order valence-electron chi connectivity index (χ3n) is 3.20. The minimum Gasteiger partial charge on any atom is -0.400 e. The van der Waals surface area contributed by atoms with Crippen LogP contribution in [0.5, 0.6) is 0 Å². The molecule has 124 valence electrons. The molecule has 1 rings (SSSR count). The first-order valence-electron chi connectivity index (χ1n) is 7.87. The number of carbonyl (C=O) groups excluding carboxylic acids is 1. The van der Waals surface area contributed by atoms with Crippen molar-refractivity contribution in [2.45, 2.75) is 60.8 Å². The number of urea groups is 1. The van der Waals surface area contributed by atoms with Gasteiger partial charge in [0.05, 0.1) is 0 Å². The molecule has 1 aliphatic rings. The highest BCUT2D eigenvalue weighted by Crippen LogP contribution is 2.13. The number of nitrogens with zero attached hydrogens (tertiary/aromatic N) is 1. The van der Waals surface area contributed by atoms with E-state index in [9.17, 15) is 4.79 Å². The number of rotatable bonds is 2. The van der Waals surface area contributed by atoms with Gasteiger partial charge in [-0.05, 0) is 52.5 Å². The fourth-order valence-electron chi connectivity index (χ4n) is 2.05. The van der Waals surface area contributed by atoms with Crippen LogP contribution in [0.4, 0.5) is 4.79 Å². The average molecular weight is 298 g/mol. The number of piperidine rings is 1. The Balaban J connectivity index is 0. The van der Waals surface area contributed by atoms with E-state index in [0.29, 0.717) is 0 Å². The van der Waals surface area contributed by atoms with Crippen molar-refractivity contribution in [2.24, 2.45) is 0 Å². The largest absolute Gasteiger partial charge is 0.400 e. The lowest BCUT2D eigenvalue weighted by molar-refractivity contribution is 0.189.